The smallest absolute Gasteiger partial charge is 0.156 e. The van der Waals surface area contributed by atoms with Crippen molar-refractivity contribution >= 4 is 10.9 Å². The number of quaternary nitrogens is 1. The molecular formula is C18H19N2O+. The summed E-state index contributed by atoms with van der Waals surface area (Å²) >= 11 is 0. The molecular weight excluding hydrogens is 260 g/mol. The van der Waals surface area contributed by atoms with E-state index in [1.165, 1.54) is 27.7 Å². The zero-order valence-electron chi connectivity index (χ0n) is 12.1. The van der Waals surface area contributed by atoms with Gasteiger partial charge in [0.05, 0.1) is 24.9 Å². The molecule has 1 aliphatic heterocycles. The molecule has 0 saturated carbocycles. The zero-order valence-corrected chi connectivity index (χ0v) is 12.1. The van der Waals surface area contributed by atoms with E-state index in [9.17, 15) is 0 Å². The first-order chi connectivity index (χ1) is 10.4. The van der Waals surface area contributed by atoms with Gasteiger partial charge in [-0.15, -0.1) is 0 Å². The Morgan fingerprint density at radius 2 is 1.90 bits per heavy atom. The number of aromatic amines is 1. The molecule has 4 rings (SSSR count). The van der Waals surface area contributed by atoms with E-state index in [1.54, 1.807) is 7.11 Å². The maximum Gasteiger partial charge on any atom is 0.156 e. The van der Waals surface area contributed by atoms with Crippen molar-refractivity contribution in [2.24, 2.45) is 0 Å². The molecule has 3 aromatic rings. The van der Waals surface area contributed by atoms with Crippen molar-refractivity contribution < 1.29 is 10.1 Å². The largest absolute Gasteiger partial charge is 0.496 e. The summed E-state index contributed by atoms with van der Waals surface area (Å²) in [6, 6.07) is 17.2. The Balaban J connectivity index is 1.90. The van der Waals surface area contributed by atoms with Gasteiger partial charge >= 0.3 is 0 Å². The summed E-state index contributed by atoms with van der Waals surface area (Å²) in [5, 5.41) is 3.76. The number of fused-ring (bicyclic) bond motifs is 3. The van der Waals surface area contributed by atoms with Crippen LogP contribution in [0.1, 0.15) is 22.9 Å². The van der Waals surface area contributed by atoms with Crippen LogP contribution in [0.25, 0.3) is 10.9 Å². The number of para-hydroxylation sites is 2. The van der Waals surface area contributed by atoms with Crippen molar-refractivity contribution in [3.63, 3.8) is 0 Å². The van der Waals surface area contributed by atoms with Crippen LogP contribution in [0.5, 0.6) is 5.75 Å². The summed E-state index contributed by atoms with van der Waals surface area (Å²) in [5.74, 6) is 0.963. The third-order valence-electron chi connectivity index (χ3n) is 4.43. The molecule has 2 heterocycles. The predicted octanol–water partition coefficient (Wildman–Crippen LogP) is 2.39. The minimum atomic E-state index is 0.289. The molecule has 0 aliphatic carbocycles. The van der Waals surface area contributed by atoms with Crippen molar-refractivity contribution in [2.75, 3.05) is 13.7 Å². The van der Waals surface area contributed by atoms with Crippen LogP contribution in [-0.2, 0) is 6.42 Å². The minimum absolute atomic E-state index is 0.289. The molecule has 1 atom stereocenters. The summed E-state index contributed by atoms with van der Waals surface area (Å²) in [6.45, 7) is 1.11. The van der Waals surface area contributed by atoms with Gasteiger partial charge in [-0.1, -0.05) is 30.3 Å². The molecule has 1 aliphatic rings. The highest BCUT2D eigenvalue weighted by Gasteiger charge is 2.30. The first kappa shape index (κ1) is 12.5. The lowest BCUT2D eigenvalue weighted by Gasteiger charge is -2.23. The van der Waals surface area contributed by atoms with E-state index in [4.69, 9.17) is 4.74 Å². The number of H-pyrrole nitrogens is 1. The monoisotopic (exact) mass is 279 g/mol. The van der Waals surface area contributed by atoms with Crippen molar-refractivity contribution in [1.29, 1.82) is 0 Å². The van der Waals surface area contributed by atoms with Crippen molar-refractivity contribution in [2.45, 2.75) is 12.5 Å². The van der Waals surface area contributed by atoms with Gasteiger partial charge in [-0.25, -0.2) is 0 Å². The molecule has 0 fully saturated rings. The Bertz CT molecular complexity index is 791. The molecule has 21 heavy (non-hydrogen) atoms. The van der Waals surface area contributed by atoms with Crippen LogP contribution in [0.3, 0.4) is 0 Å². The maximum absolute atomic E-state index is 5.55. The Hall–Kier alpha value is -2.26. The molecule has 1 unspecified atom stereocenters. The minimum Gasteiger partial charge on any atom is -0.496 e. The average molecular weight is 279 g/mol. The quantitative estimate of drug-likeness (QED) is 0.743. The van der Waals surface area contributed by atoms with E-state index >= 15 is 0 Å². The first-order valence-electron chi connectivity index (χ1n) is 7.44. The van der Waals surface area contributed by atoms with Crippen LogP contribution in [-0.4, -0.2) is 18.6 Å². The highest BCUT2D eigenvalue weighted by molar-refractivity contribution is 5.85. The van der Waals surface area contributed by atoms with Crippen LogP contribution in [0.4, 0.5) is 0 Å². The van der Waals surface area contributed by atoms with E-state index in [0.717, 1.165) is 18.7 Å². The van der Waals surface area contributed by atoms with Gasteiger partial charge in [0.25, 0.3) is 0 Å². The molecule has 3 nitrogen and oxygen atoms in total. The van der Waals surface area contributed by atoms with Crippen molar-refractivity contribution in [3.05, 3.63) is 65.4 Å². The lowest BCUT2D eigenvalue weighted by atomic mass is 9.94. The zero-order chi connectivity index (χ0) is 14.2. The average Bonchev–Trinajstić information content (AvgIpc) is 2.93. The van der Waals surface area contributed by atoms with E-state index in [-0.39, 0.29) is 6.04 Å². The molecule has 0 spiro atoms. The summed E-state index contributed by atoms with van der Waals surface area (Å²) in [7, 11) is 1.74. The highest BCUT2D eigenvalue weighted by Crippen LogP contribution is 2.33. The van der Waals surface area contributed by atoms with Crippen molar-refractivity contribution in [3.8, 4) is 5.75 Å². The second-order valence-electron chi connectivity index (χ2n) is 5.56. The number of aromatic nitrogens is 1. The molecule has 0 radical (unpaired) electrons. The number of hydrogen-bond donors (Lipinski definition) is 2. The lowest BCUT2D eigenvalue weighted by molar-refractivity contribution is -0.690. The third-order valence-corrected chi connectivity index (χ3v) is 4.43. The number of nitrogens with one attached hydrogen (secondary N) is 1. The van der Waals surface area contributed by atoms with Crippen LogP contribution < -0.4 is 10.1 Å². The summed E-state index contributed by atoms with van der Waals surface area (Å²) < 4.78 is 5.55. The first-order valence-corrected chi connectivity index (χ1v) is 7.44. The molecule has 0 bridgehead atoms. The standard InChI is InChI=1S/C18H18N2O/c1-21-16-9-5-3-7-14(16)17-18-13(10-11-19-17)12-6-2-4-8-15(12)20-18/h2-9,17,19-20H,10-11H2,1H3/p+1. The SMILES string of the molecule is COc1ccccc1C1[NH2+]CCc2c1[nH]c1ccccc21. The number of nitrogens with two attached hydrogens (primary N) is 1. The van der Waals surface area contributed by atoms with Gasteiger partial charge in [-0.05, 0) is 23.8 Å². The fourth-order valence-corrected chi connectivity index (χ4v) is 3.47. The van der Waals surface area contributed by atoms with Gasteiger partial charge in [0.2, 0.25) is 0 Å². The second-order valence-corrected chi connectivity index (χ2v) is 5.56. The molecule has 1 aromatic heterocycles. The Kier molecular flexibility index (Phi) is 2.93. The van der Waals surface area contributed by atoms with Gasteiger partial charge in [0.1, 0.15) is 5.75 Å². The maximum atomic E-state index is 5.55. The number of methoxy groups -OCH3 is 1. The Morgan fingerprint density at radius 1 is 1.10 bits per heavy atom. The van der Waals surface area contributed by atoms with Crippen LogP contribution in [0.15, 0.2) is 48.5 Å². The number of hydrogen-bond acceptors (Lipinski definition) is 1. The second kappa shape index (κ2) is 4.93. The molecule has 2 aromatic carbocycles. The van der Waals surface area contributed by atoms with Crippen molar-refractivity contribution in [1.82, 2.24) is 4.98 Å². The Labute approximate surface area is 123 Å². The highest BCUT2D eigenvalue weighted by atomic mass is 16.5. The van der Waals surface area contributed by atoms with E-state index in [1.807, 2.05) is 12.1 Å². The van der Waals surface area contributed by atoms with E-state index in [0.29, 0.717) is 0 Å². The Morgan fingerprint density at radius 3 is 2.81 bits per heavy atom. The molecule has 0 saturated heterocycles. The van der Waals surface area contributed by atoms with Crippen LogP contribution in [0.2, 0.25) is 0 Å². The van der Waals surface area contributed by atoms with Gasteiger partial charge < -0.3 is 15.0 Å². The number of benzene rings is 2. The van der Waals surface area contributed by atoms with Gasteiger partial charge in [0, 0.05) is 17.3 Å². The molecule has 0 amide bonds. The van der Waals surface area contributed by atoms with Gasteiger partial charge in [-0.3, -0.25) is 0 Å². The normalized spacial score (nSPS) is 17.7. The summed E-state index contributed by atoms with van der Waals surface area (Å²) in [4.78, 5) is 3.63. The van der Waals surface area contributed by atoms with Gasteiger partial charge in [0.15, 0.2) is 6.04 Å². The van der Waals surface area contributed by atoms with Gasteiger partial charge in [-0.2, -0.15) is 0 Å². The fraction of sp³-hybridized carbons (Fsp3) is 0.222. The van der Waals surface area contributed by atoms with E-state index in [2.05, 4.69) is 46.7 Å². The number of rotatable bonds is 2. The van der Waals surface area contributed by atoms with Crippen LogP contribution >= 0.6 is 0 Å². The molecule has 3 heteroatoms. The fourth-order valence-electron chi connectivity index (χ4n) is 3.47. The lowest BCUT2D eigenvalue weighted by Crippen LogP contribution is -2.87. The topological polar surface area (TPSA) is 41.6 Å². The van der Waals surface area contributed by atoms with Crippen LogP contribution in [0, 0.1) is 0 Å². The predicted molar refractivity (Wildman–Crippen MR) is 83.6 cm³/mol. The third kappa shape index (κ3) is 1.93. The summed E-state index contributed by atoms with van der Waals surface area (Å²) in [5.41, 5.74) is 5.26. The molecule has 3 N–H and O–H groups in total. The number of ether oxygens (including phenoxy) is 1. The molecule has 106 valence electrons. The summed E-state index contributed by atoms with van der Waals surface area (Å²) in [6.07, 6.45) is 1.12. The van der Waals surface area contributed by atoms with E-state index < -0.39 is 0 Å².